The number of hydrogen-bond acceptors (Lipinski definition) is 9. The van der Waals surface area contributed by atoms with E-state index in [1.165, 1.54) is 17.1 Å². The molecule has 0 bridgehead atoms. The summed E-state index contributed by atoms with van der Waals surface area (Å²) in [7, 11) is 0. The summed E-state index contributed by atoms with van der Waals surface area (Å²) in [5.41, 5.74) is -1.23. The van der Waals surface area contributed by atoms with Crippen LogP contribution < -0.4 is 16.6 Å². The van der Waals surface area contributed by atoms with Crippen molar-refractivity contribution in [2.45, 2.75) is 70.1 Å². The monoisotopic (exact) mass is 718 g/mol. The Morgan fingerprint density at radius 3 is 1.57 bits per heavy atom. The second-order valence-corrected chi connectivity index (χ2v) is 13.3. The molecular weight excluding hydrogens is 676 g/mol. The molecular formula is C42H42N2O9. The van der Waals surface area contributed by atoms with Gasteiger partial charge in [0.1, 0.15) is 22.7 Å². The van der Waals surface area contributed by atoms with Crippen molar-refractivity contribution in [3.63, 3.8) is 0 Å². The first-order valence-electron chi connectivity index (χ1n) is 18.2. The van der Waals surface area contributed by atoms with E-state index in [-0.39, 0.29) is 50.8 Å². The number of benzene rings is 3. The summed E-state index contributed by atoms with van der Waals surface area (Å²) in [5, 5.41) is 26.2. The third-order valence-electron chi connectivity index (χ3n) is 9.72. The van der Waals surface area contributed by atoms with Crippen molar-refractivity contribution >= 4 is 39.7 Å². The van der Waals surface area contributed by atoms with E-state index in [4.69, 9.17) is 8.83 Å². The van der Waals surface area contributed by atoms with Crippen molar-refractivity contribution < 1.29 is 33.4 Å². The van der Waals surface area contributed by atoms with Gasteiger partial charge in [-0.15, -0.1) is 0 Å². The Balaban J connectivity index is 1.03. The molecule has 0 spiro atoms. The number of rotatable bonds is 17. The minimum atomic E-state index is -1.29. The molecule has 3 amide bonds. The van der Waals surface area contributed by atoms with Crippen LogP contribution in [0.2, 0.25) is 0 Å². The predicted octanol–water partition coefficient (Wildman–Crippen LogP) is 7.05. The van der Waals surface area contributed by atoms with Crippen LogP contribution >= 0.6 is 0 Å². The Kier molecular flexibility index (Phi) is 11.8. The zero-order valence-electron chi connectivity index (χ0n) is 29.3. The fourth-order valence-corrected chi connectivity index (χ4v) is 6.87. The van der Waals surface area contributed by atoms with Gasteiger partial charge in [0.15, 0.2) is 0 Å². The van der Waals surface area contributed by atoms with Crippen LogP contribution in [0.25, 0.3) is 21.9 Å². The Morgan fingerprint density at radius 1 is 0.604 bits per heavy atom. The maximum Gasteiger partial charge on any atom is 0.344 e. The Morgan fingerprint density at radius 2 is 1.06 bits per heavy atom. The number of aromatic hydroxyl groups is 2. The van der Waals surface area contributed by atoms with E-state index in [9.17, 15) is 34.2 Å². The average Bonchev–Trinajstić information content (AvgIpc) is 3.48. The van der Waals surface area contributed by atoms with Crippen LogP contribution in [0.3, 0.4) is 0 Å². The van der Waals surface area contributed by atoms with Gasteiger partial charge in [-0.05, 0) is 54.8 Å². The molecule has 11 nitrogen and oxygen atoms in total. The molecule has 0 saturated carbocycles. The van der Waals surface area contributed by atoms with E-state index < -0.39 is 28.7 Å². The first kappa shape index (κ1) is 36.8. The summed E-state index contributed by atoms with van der Waals surface area (Å²) in [4.78, 5) is 64.3. The van der Waals surface area contributed by atoms with Crippen molar-refractivity contribution in [1.82, 2.24) is 10.2 Å². The number of carbonyl (C=O) groups excluding carboxylic acids is 3. The largest absolute Gasteiger partial charge is 0.507 e. The molecule has 5 aromatic rings. The van der Waals surface area contributed by atoms with Crippen LogP contribution in [0.5, 0.6) is 11.5 Å². The number of unbranched alkanes of at least 4 members (excludes halogenated alkanes) is 9. The Labute approximate surface area is 305 Å². The smallest absolute Gasteiger partial charge is 0.344 e. The molecule has 0 unspecified atom stereocenters. The highest BCUT2D eigenvalue weighted by molar-refractivity contribution is 6.12. The molecule has 3 heterocycles. The molecule has 0 radical (unpaired) electrons. The number of fused-ring (bicyclic) bond motifs is 2. The first-order chi connectivity index (χ1) is 25.7. The fourth-order valence-electron chi connectivity index (χ4n) is 6.87. The predicted molar refractivity (Wildman–Crippen MR) is 200 cm³/mol. The quantitative estimate of drug-likeness (QED) is 0.0519. The van der Waals surface area contributed by atoms with Gasteiger partial charge in [0, 0.05) is 30.8 Å². The SMILES string of the molecule is O=C(NCCCCCCCCCCCCN1C(=O)C=CC1=O)c1ccc(C(c2c(O)c3ccccc3oc2=O)c2c(O)c3ccccc3oc2=O)cc1. The summed E-state index contributed by atoms with van der Waals surface area (Å²) in [6.07, 6.45) is 13.0. The number of hydrogen-bond donors (Lipinski definition) is 3. The number of para-hydroxylation sites is 2. The lowest BCUT2D eigenvalue weighted by atomic mass is 9.84. The molecule has 0 aliphatic carbocycles. The van der Waals surface area contributed by atoms with E-state index in [2.05, 4.69) is 5.32 Å². The molecule has 3 aromatic carbocycles. The summed E-state index contributed by atoms with van der Waals surface area (Å²) in [5.74, 6) is -2.78. The second-order valence-electron chi connectivity index (χ2n) is 13.3. The van der Waals surface area contributed by atoms with E-state index in [1.54, 1.807) is 72.8 Å². The molecule has 1 aliphatic rings. The number of imide groups is 1. The highest BCUT2D eigenvalue weighted by atomic mass is 16.4. The van der Waals surface area contributed by atoms with Gasteiger partial charge in [0.25, 0.3) is 17.7 Å². The van der Waals surface area contributed by atoms with Gasteiger partial charge in [0.2, 0.25) is 0 Å². The van der Waals surface area contributed by atoms with Crippen LogP contribution in [0.1, 0.15) is 97.2 Å². The minimum Gasteiger partial charge on any atom is -0.507 e. The number of nitrogens with zero attached hydrogens (tertiary/aromatic N) is 1. The number of amides is 3. The van der Waals surface area contributed by atoms with Gasteiger partial charge >= 0.3 is 11.3 Å². The molecule has 53 heavy (non-hydrogen) atoms. The third kappa shape index (κ3) is 8.41. The average molecular weight is 719 g/mol. The van der Waals surface area contributed by atoms with E-state index in [0.29, 0.717) is 24.2 Å². The third-order valence-corrected chi connectivity index (χ3v) is 9.72. The maximum absolute atomic E-state index is 13.4. The molecule has 274 valence electrons. The standard InChI is InChI=1S/C42H42N2O9/c45-33-23-24-34(46)44(33)26-14-8-6-4-2-1-3-5-7-13-25-43-40(49)28-21-19-27(20-22-28)35(36-38(47)29-15-9-11-17-31(29)52-41(36)50)37-39(48)30-16-10-12-18-32(30)53-42(37)51/h9-12,15-24,35,47-48H,1-8,13-14,25-26H2,(H,43,49). The molecule has 1 aliphatic heterocycles. The Bertz CT molecular complexity index is 2150. The van der Waals surface area contributed by atoms with E-state index in [0.717, 1.165) is 64.2 Å². The van der Waals surface area contributed by atoms with Crippen LogP contribution in [0, 0.1) is 0 Å². The van der Waals surface area contributed by atoms with Crippen molar-refractivity contribution in [2.75, 3.05) is 13.1 Å². The van der Waals surface area contributed by atoms with Crippen LogP contribution in [-0.4, -0.2) is 45.9 Å². The highest BCUT2D eigenvalue weighted by Crippen LogP contribution is 2.41. The molecule has 0 saturated heterocycles. The first-order valence-corrected chi connectivity index (χ1v) is 18.2. The van der Waals surface area contributed by atoms with Crippen molar-refractivity contribution in [1.29, 1.82) is 0 Å². The molecule has 3 N–H and O–H groups in total. The highest BCUT2D eigenvalue weighted by Gasteiger charge is 2.32. The Hall–Kier alpha value is -5.97. The van der Waals surface area contributed by atoms with Gasteiger partial charge < -0.3 is 24.4 Å². The summed E-state index contributed by atoms with van der Waals surface area (Å²) >= 11 is 0. The van der Waals surface area contributed by atoms with Gasteiger partial charge in [-0.1, -0.05) is 87.8 Å². The van der Waals surface area contributed by atoms with Crippen molar-refractivity contribution in [3.8, 4) is 11.5 Å². The zero-order chi connectivity index (χ0) is 37.3. The molecule has 6 rings (SSSR count). The van der Waals surface area contributed by atoms with Crippen LogP contribution in [0.15, 0.2) is 103 Å². The van der Waals surface area contributed by atoms with Crippen LogP contribution in [-0.2, 0) is 9.59 Å². The summed E-state index contributed by atoms with van der Waals surface area (Å²) in [6.45, 7) is 1.00. The van der Waals surface area contributed by atoms with Crippen LogP contribution in [0.4, 0.5) is 0 Å². The normalized spacial score (nSPS) is 12.8. The van der Waals surface area contributed by atoms with Gasteiger partial charge in [-0.2, -0.15) is 0 Å². The van der Waals surface area contributed by atoms with Crippen molar-refractivity contribution in [3.05, 3.63) is 128 Å². The topological polar surface area (TPSA) is 167 Å². The van der Waals surface area contributed by atoms with Gasteiger partial charge in [-0.25, -0.2) is 9.59 Å². The summed E-state index contributed by atoms with van der Waals surface area (Å²) in [6, 6.07) is 19.2. The molecule has 0 fully saturated rings. The van der Waals surface area contributed by atoms with Crippen molar-refractivity contribution in [2.24, 2.45) is 0 Å². The number of carbonyl (C=O) groups is 3. The van der Waals surface area contributed by atoms with Gasteiger partial charge in [0.05, 0.1) is 27.8 Å². The summed E-state index contributed by atoms with van der Waals surface area (Å²) < 4.78 is 11.1. The fraction of sp³-hybridized carbons (Fsp3) is 0.310. The lowest BCUT2D eigenvalue weighted by Crippen LogP contribution is -2.30. The molecule has 11 heteroatoms. The lowest BCUT2D eigenvalue weighted by molar-refractivity contribution is -0.136. The minimum absolute atomic E-state index is 0.161. The second kappa shape index (κ2) is 17.0. The lowest BCUT2D eigenvalue weighted by Gasteiger charge is -2.20. The zero-order valence-corrected chi connectivity index (χ0v) is 29.3. The number of nitrogens with one attached hydrogen (secondary N) is 1. The molecule has 0 atom stereocenters. The van der Waals surface area contributed by atoms with E-state index >= 15 is 0 Å². The molecule has 2 aromatic heterocycles. The van der Waals surface area contributed by atoms with Gasteiger partial charge in [-0.3, -0.25) is 19.3 Å². The van der Waals surface area contributed by atoms with E-state index in [1.807, 2.05) is 0 Å². The maximum atomic E-state index is 13.4.